The first-order chi connectivity index (χ1) is 9.02. The van der Waals surface area contributed by atoms with Crippen molar-refractivity contribution in [3.63, 3.8) is 0 Å². The van der Waals surface area contributed by atoms with Gasteiger partial charge in [0.1, 0.15) is 0 Å². The van der Waals surface area contributed by atoms with Gasteiger partial charge in [0, 0.05) is 31.3 Å². The van der Waals surface area contributed by atoms with Crippen LogP contribution in [0, 0.1) is 0 Å². The third-order valence-electron chi connectivity index (χ3n) is 2.77. The Labute approximate surface area is 111 Å². The van der Waals surface area contributed by atoms with Crippen molar-refractivity contribution in [1.29, 1.82) is 0 Å². The maximum atomic E-state index is 11.3. The molecule has 1 rings (SSSR count). The normalized spacial score (nSPS) is 14.6. The summed E-state index contributed by atoms with van der Waals surface area (Å²) >= 11 is 0. The molecule has 0 aromatic rings. The van der Waals surface area contributed by atoms with Gasteiger partial charge >= 0.3 is 12.0 Å². The Morgan fingerprint density at radius 1 is 1.32 bits per heavy atom. The Hall–Kier alpha value is -1.89. The lowest BCUT2D eigenvalue weighted by Gasteiger charge is -2.19. The highest BCUT2D eigenvalue weighted by Crippen LogP contribution is 2.25. The van der Waals surface area contributed by atoms with Crippen molar-refractivity contribution in [3.05, 3.63) is 12.2 Å². The van der Waals surface area contributed by atoms with Crippen molar-refractivity contribution in [2.24, 2.45) is 0 Å². The van der Waals surface area contributed by atoms with Crippen molar-refractivity contribution in [2.45, 2.75) is 25.8 Å². The topological polar surface area (TPSA) is 98.7 Å². The van der Waals surface area contributed by atoms with Crippen LogP contribution in [0.4, 0.5) is 4.79 Å². The number of carboxylic acids is 1. The number of carbonyl (C=O) groups excluding carboxylic acids is 2. The molecule has 3 amide bonds. The third-order valence-corrected chi connectivity index (χ3v) is 2.77. The molecule has 0 radical (unpaired) electrons. The van der Waals surface area contributed by atoms with Crippen LogP contribution in [0.5, 0.6) is 0 Å². The second-order valence-corrected chi connectivity index (χ2v) is 4.28. The van der Waals surface area contributed by atoms with Crippen LogP contribution in [0.25, 0.3) is 0 Å². The van der Waals surface area contributed by atoms with E-state index in [-0.39, 0.29) is 0 Å². The number of hydrogen-bond donors (Lipinski definition) is 3. The van der Waals surface area contributed by atoms with E-state index >= 15 is 0 Å². The number of nitrogens with one attached hydrogen (secondary N) is 2. The molecule has 0 saturated heterocycles. The van der Waals surface area contributed by atoms with E-state index in [1.54, 1.807) is 0 Å². The van der Waals surface area contributed by atoms with Crippen molar-refractivity contribution in [3.8, 4) is 0 Å². The average molecular weight is 269 g/mol. The predicted molar refractivity (Wildman–Crippen MR) is 68.6 cm³/mol. The zero-order valence-corrected chi connectivity index (χ0v) is 10.9. The number of amides is 3. The molecule has 1 aliphatic rings. The largest absolute Gasteiger partial charge is 0.478 e. The Bertz CT molecular complexity index is 377. The number of likely N-dealkylation sites (N-methyl/N-ethyl adjacent to an activating group) is 1. The molecule has 0 unspecified atom stereocenters. The molecule has 0 heterocycles. The molecule has 0 bridgehead atoms. The van der Waals surface area contributed by atoms with Gasteiger partial charge in [0.05, 0.1) is 0 Å². The first-order valence-electron chi connectivity index (χ1n) is 6.26. The van der Waals surface area contributed by atoms with Crippen molar-refractivity contribution in [2.75, 3.05) is 19.6 Å². The third kappa shape index (κ3) is 6.56. The van der Waals surface area contributed by atoms with E-state index in [1.807, 2.05) is 5.32 Å². The molecule has 3 N–H and O–H groups in total. The van der Waals surface area contributed by atoms with E-state index < -0.39 is 17.9 Å². The summed E-state index contributed by atoms with van der Waals surface area (Å²) in [5.41, 5.74) is 0. The molecule has 0 spiro atoms. The molecular formula is C12H19N3O4. The van der Waals surface area contributed by atoms with Gasteiger partial charge in [0.25, 0.3) is 5.91 Å². The highest BCUT2D eigenvalue weighted by atomic mass is 16.4. The van der Waals surface area contributed by atoms with Crippen LogP contribution in [0.2, 0.25) is 0 Å². The number of aliphatic carboxylic acids is 1. The summed E-state index contributed by atoms with van der Waals surface area (Å²) in [5, 5.41) is 12.9. The zero-order chi connectivity index (χ0) is 14.3. The van der Waals surface area contributed by atoms with E-state index in [0.29, 0.717) is 18.7 Å². The van der Waals surface area contributed by atoms with Crippen molar-refractivity contribution < 1.29 is 19.5 Å². The maximum absolute atomic E-state index is 11.3. The second kappa shape index (κ2) is 7.52. The smallest absolute Gasteiger partial charge is 0.328 e. The van der Waals surface area contributed by atoms with Crippen LogP contribution in [0.1, 0.15) is 19.8 Å². The van der Waals surface area contributed by atoms with E-state index in [0.717, 1.165) is 19.2 Å². The molecule has 1 fully saturated rings. The zero-order valence-electron chi connectivity index (χ0n) is 10.9. The fourth-order valence-electron chi connectivity index (χ4n) is 1.70. The number of nitrogens with zero attached hydrogens (tertiary/aromatic N) is 1. The molecule has 7 nitrogen and oxygen atoms in total. The Morgan fingerprint density at radius 2 is 2.00 bits per heavy atom. The Balaban J connectivity index is 2.16. The lowest BCUT2D eigenvalue weighted by Crippen LogP contribution is -2.42. The molecule has 0 aromatic carbocycles. The van der Waals surface area contributed by atoms with Crippen molar-refractivity contribution in [1.82, 2.24) is 15.5 Å². The van der Waals surface area contributed by atoms with Gasteiger partial charge in [-0.3, -0.25) is 15.0 Å². The van der Waals surface area contributed by atoms with Crippen LogP contribution in [-0.4, -0.2) is 53.6 Å². The van der Waals surface area contributed by atoms with Crippen molar-refractivity contribution >= 4 is 17.9 Å². The average Bonchev–Trinajstić information content (AvgIpc) is 3.16. The minimum atomic E-state index is -1.24. The van der Waals surface area contributed by atoms with E-state index in [9.17, 15) is 14.4 Å². The number of imide groups is 1. The van der Waals surface area contributed by atoms with Crippen LogP contribution in [-0.2, 0) is 9.59 Å². The lowest BCUT2D eigenvalue weighted by atomic mass is 10.4. The molecule has 0 aromatic heterocycles. The molecule has 1 saturated carbocycles. The summed E-state index contributed by atoms with van der Waals surface area (Å²) in [4.78, 5) is 34.8. The first kappa shape index (κ1) is 15.2. The second-order valence-electron chi connectivity index (χ2n) is 4.28. The minimum Gasteiger partial charge on any atom is -0.478 e. The molecule has 19 heavy (non-hydrogen) atoms. The summed E-state index contributed by atoms with van der Waals surface area (Å²) < 4.78 is 0. The first-order valence-corrected chi connectivity index (χ1v) is 6.26. The van der Waals surface area contributed by atoms with Gasteiger partial charge < -0.3 is 10.4 Å². The molecule has 7 heteroatoms. The SMILES string of the molecule is CCN(CCNC(=O)NC(=O)/C=C/C(=O)O)C1CC1. The van der Waals surface area contributed by atoms with E-state index in [2.05, 4.69) is 17.1 Å². The number of urea groups is 1. The summed E-state index contributed by atoms with van der Waals surface area (Å²) in [6, 6.07) is 0.0156. The van der Waals surface area contributed by atoms with Gasteiger partial charge in [0.2, 0.25) is 0 Å². The number of rotatable bonds is 7. The van der Waals surface area contributed by atoms with Gasteiger partial charge in [-0.1, -0.05) is 6.92 Å². The molecule has 1 aliphatic carbocycles. The number of carbonyl (C=O) groups is 3. The molecule has 0 atom stereocenters. The summed E-state index contributed by atoms with van der Waals surface area (Å²) in [6.07, 6.45) is 3.88. The van der Waals surface area contributed by atoms with Gasteiger partial charge in [-0.05, 0) is 19.4 Å². The highest BCUT2D eigenvalue weighted by Gasteiger charge is 2.27. The van der Waals surface area contributed by atoms with Crippen LogP contribution < -0.4 is 10.6 Å². The number of carboxylic acid groups (broad SMARTS) is 1. The monoisotopic (exact) mass is 269 g/mol. The van der Waals surface area contributed by atoms with Crippen LogP contribution >= 0.6 is 0 Å². The van der Waals surface area contributed by atoms with Crippen LogP contribution in [0.15, 0.2) is 12.2 Å². The van der Waals surface area contributed by atoms with Gasteiger partial charge in [-0.15, -0.1) is 0 Å². The van der Waals surface area contributed by atoms with Gasteiger partial charge in [-0.2, -0.15) is 0 Å². The highest BCUT2D eigenvalue weighted by molar-refractivity contribution is 6.02. The van der Waals surface area contributed by atoms with Gasteiger partial charge in [0.15, 0.2) is 0 Å². The fraction of sp³-hybridized carbons (Fsp3) is 0.583. The minimum absolute atomic E-state index is 0.450. The summed E-state index contributed by atoms with van der Waals surface area (Å²) in [5.74, 6) is -1.99. The predicted octanol–water partition coefficient (Wildman–Crippen LogP) is -0.0627. The fourth-order valence-corrected chi connectivity index (χ4v) is 1.70. The molecule has 106 valence electrons. The van der Waals surface area contributed by atoms with E-state index in [1.165, 1.54) is 12.8 Å². The molecule has 0 aliphatic heterocycles. The standard InChI is InChI=1S/C12H19N3O4/c1-2-15(9-3-4-9)8-7-13-12(19)14-10(16)5-6-11(17)18/h5-6,9H,2-4,7-8H2,1H3,(H,17,18)(H2,13,14,16,19)/b6-5+. The maximum Gasteiger partial charge on any atom is 0.328 e. The lowest BCUT2D eigenvalue weighted by molar-refractivity contribution is -0.131. The Kier molecular flexibility index (Phi) is 6.01. The quantitative estimate of drug-likeness (QED) is 0.562. The molecular weight excluding hydrogens is 250 g/mol. The van der Waals surface area contributed by atoms with Gasteiger partial charge in [-0.25, -0.2) is 9.59 Å². The summed E-state index contributed by atoms with van der Waals surface area (Å²) in [6.45, 7) is 4.20. The number of hydrogen-bond acceptors (Lipinski definition) is 4. The van der Waals surface area contributed by atoms with Crippen LogP contribution in [0.3, 0.4) is 0 Å². The summed E-state index contributed by atoms with van der Waals surface area (Å²) in [7, 11) is 0. The Morgan fingerprint density at radius 3 is 2.53 bits per heavy atom. The van der Waals surface area contributed by atoms with E-state index in [4.69, 9.17) is 5.11 Å².